The Morgan fingerprint density at radius 1 is 1.03 bits per heavy atom. The third-order valence-corrected chi connectivity index (χ3v) is 6.12. The second-order valence-electron chi connectivity index (χ2n) is 8.15. The van der Waals surface area contributed by atoms with Gasteiger partial charge in [-0.1, -0.05) is 62.2 Å². The lowest BCUT2D eigenvalue weighted by Gasteiger charge is -2.40. The molecule has 4 unspecified atom stereocenters. The second kappa shape index (κ2) is 10.5. The maximum atomic E-state index is 13.5. The first-order valence-electron chi connectivity index (χ1n) is 11.1. The van der Waals surface area contributed by atoms with Crippen LogP contribution in [-0.2, 0) is 16.0 Å². The minimum Gasteiger partial charge on any atom is -0.465 e. The molecule has 3 rings (SSSR count). The number of esters is 1. The normalized spacial score (nSPS) is 23.7. The number of hydrogen-bond donors (Lipinski definition) is 0. The van der Waals surface area contributed by atoms with Crippen LogP contribution in [-0.4, -0.2) is 24.3 Å². The van der Waals surface area contributed by atoms with Crippen LogP contribution in [0.3, 0.4) is 0 Å². The van der Waals surface area contributed by atoms with Gasteiger partial charge in [-0.15, -0.1) is 0 Å². The van der Waals surface area contributed by atoms with Crippen molar-refractivity contribution < 1.29 is 13.9 Å². The molecule has 4 heteroatoms. The highest BCUT2D eigenvalue weighted by atomic mass is 19.1. The Kier molecular flexibility index (Phi) is 7.78. The van der Waals surface area contributed by atoms with E-state index in [0.717, 1.165) is 37.0 Å². The third kappa shape index (κ3) is 5.16. The van der Waals surface area contributed by atoms with Crippen LogP contribution < -0.4 is 0 Å². The highest BCUT2D eigenvalue weighted by Crippen LogP contribution is 2.40. The summed E-state index contributed by atoms with van der Waals surface area (Å²) in [4.78, 5) is 18.1. The van der Waals surface area contributed by atoms with E-state index in [1.807, 2.05) is 13.0 Å². The Morgan fingerprint density at radius 3 is 2.37 bits per heavy atom. The number of nitrogens with zero attached hydrogens (tertiary/aromatic N) is 1. The van der Waals surface area contributed by atoms with Gasteiger partial charge in [0.15, 0.2) is 0 Å². The van der Waals surface area contributed by atoms with Gasteiger partial charge in [-0.3, -0.25) is 9.79 Å². The second-order valence-corrected chi connectivity index (χ2v) is 8.15. The molecule has 0 saturated heterocycles. The van der Waals surface area contributed by atoms with Crippen molar-refractivity contribution in [1.29, 1.82) is 0 Å². The predicted molar refractivity (Wildman–Crippen MR) is 119 cm³/mol. The molecule has 160 valence electrons. The summed E-state index contributed by atoms with van der Waals surface area (Å²) in [5.74, 6) is -0.548. The minimum absolute atomic E-state index is 0.0674. The molecule has 0 N–H and O–H groups in total. The Labute approximate surface area is 179 Å². The van der Waals surface area contributed by atoms with E-state index >= 15 is 0 Å². The Hall–Kier alpha value is -2.49. The number of rotatable bonds is 8. The van der Waals surface area contributed by atoms with Gasteiger partial charge < -0.3 is 4.74 Å². The van der Waals surface area contributed by atoms with Gasteiger partial charge in [0.05, 0.1) is 18.4 Å². The fourth-order valence-corrected chi connectivity index (χ4v) is 4.63. The highest BCUT2D eigenvalue weighted by molar-refractivity contribution is 6.12. The van der Waals surface area contributed by atoms with Crippen LogP contribution in [0.5, 0.6) is 0 Å². The lowest BCUT2D eigenvalue weighted by Crippen LogP contribution is -2.45. The number of aliphatic imine (C=N–C) groups is 1. The van der Waals surface area contributed by atoms with E-state index in [2.05, 4.69) is 38.1 Å². The minimum atomic E-state index is -0.424. The first kappa shape index (κ1) is 22.2. The van der Waals surface area contributed by atoms with Gasteiger partial charge in [0, 0.05) is 0 Å². The molecule has 0 radical (unpaired) electrons. The molecule has 4 atom stereocenters. The van der Waals surface area contributed by atoms with Crippen LogP contribution >= 0.6 is 0 Å². The number of carbonyl (C=O) groups is 1. The molecule has 0 bridgehead atoms. The summed E-state index contributed by atoms with van der Waals surface area (Å²) < 4.78 is 19.0. The van der Waals surface area contributed by atoms with Crippen LogP contribution in [0.25, 0.3) is 0 Å². The van der Waals surface area contributed by atoms with Crippen molar-refractivity contribution in [3.63, 3.8) is 0 Å². The summed E-state index contributed by atoms with van der Waals surface area (Å²) >= 11 is 0. The van der Waals surface area contributed by atoms with Crippen molar-refractivity contribution >= 4 is 11.7 Å². The fourth-order valence-electron chi connectivity index (χ4n) is 4.63. The molecule has 1 aliphatic rings. The largest absolute Gasteiger partial charge is 0.465 e. The summed E-state index contributed by atoms with van der Waals surface area (Å²) in [5.41, 5.74) is 2.81. The molecule has 0 amide bonds. The molecule has 3 nitrogen and oxygen atoms in total. The molecule has 1 aliphatic heterocycles. The summed E-state index contributed by atoms with van der Waals surface area (Å²) in [6.45, 7) is 6.48. The summed E-state index contributed by atoms with van der Waals surface area (Å²) in [6, 6.07) is 16.8. The number of ether oxygens (including phenoxy) is 1. The van der Waals surface area contributed by atoms with E-state index in [1.54, 1.807) is 12.1 Å². The maximum absolute atomic E-state index is 13.5. The molecule has 0 aromatic heterocycles. The fraction of sp³-hybridized carbons (Fsp3) is 0.462. The van der Waals surface area contributed by atoms with Crippen molar-refractivity contribution in [3.05, 3.63) is 71.5 Å². The molecule has 0 fully saturated rings. The Bertz CT molecular complexity index is 847. The summed E-state index contributed by atoms with van der Waals surface area (Å²) in [6.07, 6.45) is 3.95. The van der Waals surface area contributed by atoms with Crippen molar-refractivity contribution in [2.45, 2.75) is 52.5 Å². The SMILES string of the molecule is CCCCC1C(C(=O)OCC)C(c2ccc(F)cc2)=NC(C)C1Cc1ccccc1. The van der Waals surface area contributed by atoms with Gasteiger partial charge in [0.2, 0.25) is 0 Å². The third-order valence-electron chi connectivity index (χ3n) is 6.12. The predicted octanol–water partition coefficient (Wildman–Crippen LogP) is 5.86. The Balaban J connectivity index is 2.04. The van der Waals surface area contributed by atoms with Crippen molar-refractivity contribution in [2.24, 2.45) is 22.7 Å². The van der Waals surface area contributed by atoms with Gasteiger partial charge in [0.25, 0.3) is 0 Å². The van der Waals surface area contributed by atoms with E-state index in [1.165, 1.54) is 17.7 Å². The van der Waals surface area contributed by atoms with Gasteiger partial charge in [-0.25, -0.2) is 4.39 Å². The van der Waals surface area contributed by atoms with E-state index < -0.39 is 5.92 Å². The van der Waals surface area contributed by atoms with E-state index in [9.17, 15) is 9.18 Å². The summed E-state index contributed by atoms with van der Waals surface area (Å²) in [7, 11) is 0. The molecule has 2 aromatic carbocycles. The van der Waals surface area contributed by atoms with Gasteiger partial charge >= 0.3 is 5.97 Å². The first-order chi connectivity index (χ1) is 14.5. The molecule has 1 heterocycles. The van der Waals surface area contributed by atoms with Gasteiger partial charge in [0.1, 0.15) is 11.7 Å². The summed E-state index contributed by atoms with van der Waals surface area (Å²) in [5, 5.41) is 0. The Morgan fingerprint density at radius 2 is 1.73 bits per heavy atom. The number of benzene rings is 2. The molecular formula is C26H32FNO2. The standard InChI is InChI=1S/C26H32FNO2/c1-4-6-12-22-23(17-19-10-8-7-9-11-19)18(3)28-25(24(22)26(29)30-5-2)20-13-15-21(27)16-14-20/h7-11,13-16,18,22-24H,4-6,12,17H2,1-3H3. The highest BCUT2D eigenvalue weighted by Gasteiger charge is 2.44. The zero-order valence-electron chi connectivity index (χ0n) is 18.2. The first-order valence-corrected chi connectivity index (χ1v) is 11.1. The van der Waals surface area contributed by atoms with E-state index in [4.69, 9.17) is 9.73 Å². The molecule has 0 spiro atoms. The number of halogens is 1. The molecule has 2 aromatic rings. The molecule has 0 aliphatic carbocycles. The van der Waals surface area contributed by atoms with Crippen LogP contribution in [0.4, 0.5) is 4.39 Å². The van der Waals surface area contributed by atoms with Crippen LogP contribution in [0, 0.1) is 23.6 Å². The molecular weight excluding hydrogens is 377 g/mol. The average molecular weight is 410 g/mol. The number of hydrogen-bond acceptors (Lipinski definition) is 3. The molecule has 30 heavy (non-hydrogen) atoms. The van der Waals surface area contributed by atoms with E-state index in [-0.39, 0.29) is 29.7 Å². The zero-order valence-corrected chi connectivity index (χ0v) is 18.2. The number of unbranched alkanes of at least 4 members (excludes halogenated alkanes) is 1. The lowest BCUT2D eigenvalue weighted by atomic mass is 9.68. The van der Waals surface area contributed by atoms with Crippen LogP contribution in [0.15, 0.2) is 59.6 Å². The van der Waals surface area contributed by atoms with Crippen molar-refractivity contribution in [2.75, 3.05) is 6.61 Å². The quantitative estimate of drug-likeness (QED) is 0.512. The van der Waals surface area contributed by atoms with E-state index in [0.29, 0.717) is 6.61 Å². The molecule has 0 saturated carbocycles. The van der Waals surface area contributed by atoms with Crippen molar-refractivity contribution in [1.82, 2.24) is 0 Å². The smallest absolute Gasteiger partial charge is 0.315 e. The zero-order chi connectivity index (χ0) is 21.5. The van der Waals surface area contributed by atoms with Gasteiger partial charge in [-0.2, -0.15) is 0 Å². The maximum Gasteiger partial charge on any atom is 0.315 e. The van der Waals surface area contributed by atoms with Gasteiger partial charge in [-0.05, 0) is 61.8 Å². The average Bonchev–Trinajstić information content (AvgIpc) is 2.75. The number of carbonyl (C=O) groups excluding carboxylic acids is 1. The van der Waals surface area contributed by atoms with Crippen LogP contribution in [0.1, 0.15) is 51.2 Å². The monoisotopic (exact) mass is 409 g/mol. The lowest BCUT2D eigenvalue weighted by molar-refractivity contribution is -0.148. The van der Waals surface area contributed by atoms with Crippen LogP contribution in [0.2, 0.25) is 0 Å². The topological polar surface area (TPSA) is 38.7 Å². The van der Waals surface area contributed by atoms with Crippen molar-refractivity contribution in [3.8, 4) is 0 Å².